The molecule has 1 aromatic carbocycles. The average Bonchev–Trinajstić information content (AvgIpc) is 2.28. The lowest BCUT2D eigenvalue weighted by atomic mass is 10.1. The summed E-state index contributed by atoms with van der Waals surface area (Å²) in [6, 6.07) is 10.1. The van der Waals surface area contributed by atoms with Crippen molar-refractivity contribution in [3.05, 3.63) is 35.9 Å². The molecule has 1 N–H and O–H groups in total. The van der Waals surface area contributed by atoms with Gasteiger partial charge in [0, 0.05) is 6.61 Å². The summed E-state index contributed by atoms with van der Waals surface area (Å²) in [7, 11) is 0. The summed E-state index contributed by atoms with van der Waals surface area (Å²) in [4.78, 5) is 0. The van der Waals surface area contributed by atoms with Gasteiger partial charge in [-0.2, -0.15) is 0 Å². The van der Waals surface area contributed by atoms with Gasteiger partial charge in [0.15, 0.2) is 0 Å². The third-order valence-electron chi connectivity index (χ3n) is 2.39. The van der Waals surface area contributed by atoms with Crippen molar-refractivity contribution in [3.63, 3.8) is 0 Å². The van der Waals surface area contributed by atoms with Crippen molar-refractivity contribution in [1.29, 1.82) is 0 Å². The maximum absolute atomic E-state index is 8.88. The van der Waals surface area contributed by atoms with Crippen LogP contribution in [0.4, 0.5) is 0 Å². The van der Waals surface area contributed by atoms with Crippen LogP contribution in [0.25, 0.3) is 0 Å². The molecule has 0 heterocycles. The van der Waals surface area contributed by atoms with Crippen LogP contribution in [0.3, 0.4) is 0 Å². The summed E-state index contributed by atoms with van der Waals surface area (Å²) in [5.41, 5.74) is 1.19. The summed E-state index contributed by atoms with van der Waals surface area (Å²) in [5.74, 6) is 0. The summed E-state index contributed by atoms with van der Waals surface area (Å²) in [5, 5.41) is 8.88. The van der Waals surface area contributed by atoms with Crippen LogP contribution in [0, 0.1) is 0 Å². The van der Waals surface area contributed by atoms with Gasteiger partial charge in [-0.05, 0) is 18.4 Å². The molecule has 2 heteroatoms. The van der Waals surface area contributed by atoms with E-state index in [4.69, 9.17) is 9.84 Å². The van der Waals surface area contributed by atoms with Crippen molar-refractivity contribution in [2.75, 3.05) is 6.61 Å². The maximum atomic E-state index is 8.88. The van der Waals surface area contributed by atoms with Gasteiger partial charge in [0.25, 0.3) is 0 Å². The van der Waals surface area contributed by atoms with E-state index in [0.29, 0.717) is 6.61 Å². The fraction of sp³-hybridized carbons (Fsp3) is 0.538. The van der Waals surface area contributed by atoms with Crippen molar-refractivity contribution in [2.45, 2.75) is 38.9 Å². The molecule has 0 bridgehead atoms. The number of rotatable bonds is 7. The van der Waals surface area contributed by atoms with Crippen LogP contribution in [0.2, 0.25) is 0 Å². The quantitative estimate of drug-likeness (QED) is 0.746. The van der Waals surface area contributed by atoms with Crippen molar-refractivity contribution < 1.29 is 9.84 Å². The van der Waals surface area contributed by atoms with Crippen molar-refractivity contribution in [3.8, 4) is 0 Å². The summed E-state index contributed by atoms with van der Waals surface area (Å²) in [6.07, 6.45) is 3.05. The molecule has 1 rings (SSSR count). The lowest BCUT2D eigenvalue weighted by molar-refractivity contribution is 0.0186. The van der Waals surface area contributed by atoms with Gasteiger partial charge < -0.3 is 9.84 Å². The third-order valence-corrected chi connectivity index (χ3v) is 2.39. The Labute approximate surface area is 91.9 Å². The second-order valence-corrected chi connectivity index (χ2v) is 3.72. The molecule has 1 aromatic rings. The standard InChI is InChI=1S/C13H20O2/c1-2-6-13(9-10-14)15-11-12-7-4-3-5-8-12/h3-5,7-8,13-14H,2,6,9-11H2,1H3. The zero-order chi connectivity index (χ0) is 10.9. The molecule has 0 aromatic heterocycles. The Bertz CT molecular complexity index is 240. The lowest BCUT2D eigenvalue weighted by Gasteiger charge is -2.16. The van der Waals surface area contributed by atoms with Gasteiger partial charge in [0.1, 0.15) is 0 Å². The van der Waals surface area contributed by atoms with Gasteiger partial charge in [-0.3, -0.25) is 0 Å². The average molecular weight is 208 g/mol. The number of aliphatic hydroxyl groups is 1. The smallest absolute Gasteiger partial charge is 0.0720 e. The first-order valence-corrected chi connectivity index (χ1v) is 5.63. The highest BCUT2D eigenvalue weighted by Crippen LogP contribution is 2.10. The Balaban J connectivity index is 2.33. The normalized spacial score (nSPS) is 12.7. The number of aliphatic hydroxyl groups excluding tert-OH is 1. The fourth-order valence-electron chi connectivity index (χ4n) is 1.57. The van der Waals surface area contributed by atoms with Crippen LogP contribution in [0.15, 0.2) is 30.3 Å². The van der Waals surface area contributed by atoms with Crippen LogP contribution in [-0.2, 0) is 11.3 Å². The Morgan fingerprint density at radius 3 is 2.53 bits per heavy atom. The molecule has 0 spiro atoms. The largest absolute Gasteiger partial charge is 0.396 e. The summed E-state index contributed by atoms with van der Waals surface area (Å²) < 4.78 is 5.75. The Hall–Kier alpha value is -0.860. The van der Waals surface area contributed by atoms with E-state index in [9.17, 15) is 0 Å². The van der Waals surface area contributed by atoms with Crippen LogP contribution < -0.4 is 0 Å². The Kier molecular flexibility index (Phi) is 6.05. The highest BCUT2D eigenvalue weighted by atomic mass is 16.5. The monoisotopic (exact) mass is 208 g/mol. The van der Waals surface area contributed by atoms with E-state index in [-0.39, 0.29) is 12.7 Å². The zero-order valence-electron chi connectivity index (χ0n) is 9.36. The van der Waals surface area contributed by atoms with Crippen LogP contribution in [0.5, 0.6) is 0 Å². The van der Waals surface area contributed by atoms with Crippen molar-refractivity contribution in [2.24, 2.45) is 0 Å². The second kappa shape index (κ2) is 7.43. The molecule has 1 atom stereocenters. The van der Waals surface area contributed by atoms with Gasteiger partial charge in [-0.1, -0.05) is 43.7 Å². The van der Waals surface area contributed by atoms with Gasteiger partial charge in [-0.25, -0.2) is 0 Å². The van der Waals surface area contributed by atoms with Crippen LogP contribution >= 0.6 is 0 Å². The fourth-order valence-corrected chi connectivity index (χ4v) is 1.57. The molecule has 2 nitrogen and oxygen atoms in total. The van der Waals surface area contributed by atoms with Crippen molar-refractivity contribution in [1.82, 2.24) is 0 Å². The number of benzene rings is 1. The van der Waals surface area contributed by atoms with Crippen LogP contribution in [0.1, 0.15) is 31.7 Å². The first-order chi connectivity index (χ1) is 7.36. The molecule has 84 valence electrons. The van der Waals surface area contributed by atoms with Gasteiger partial charge in [0.05, 0.1) is 12.7 Å². The molecule has 1 unspecified atom stereocenters. The number of hydrogen-bond donors (Lipinski definition) is 1. The first kappa shape index (κ1) is 12.2. The topological polar surface area (TPSA) is 29.5 Å². The number of ether oxygens (including phenoxy) is 1. The van der Waals surface area contributed by atoms with Gasteiger partial charge in [-0.15, -0.1) is 0 Å². The highest BCUT2D eigenvalue weighted by Gasteiger charge is 2.07. The zero-order valence-corrected chi connectivity index (χ0v) is 9.36. The summed E-state index contributed by atoms with van der Waals surface area (Å²) >= 11 is 0. The third kappa shape index (κ3) is 4.96. The number of hydrogen-bond acceptors (Lipinski definition) is 2. The molecular weight excluding hydrogens is 188 g/mol. The van der Waals surface area contributed by atoms with E-state index < -0.39 is 0 Å². The summed E-state index contributed by atoms with van der Waals surface area (Å²) in [6.45, 7) is 2.99. The highest BCUT2D eigenvalue weighted by molar-refractivity contribution is 5.13. The molecule has 0 fully saturated rings. The van der Waals surface area contributed by atoms with Gasteiger partial charge >= 0.3 is 0 Å². The molecule has 0 aliphatic heterocycles. The molecule has 15 heavy (non-hydrogen) atoms. The molecule has 0 amide bonds. The minimum atomic E-state index is 0.195. The predicted molar refractivity (Wildman–Crippen MR) is 61.6 cm³/mol. The maximum Gasteiger partial charge on any atom is 0.0720 e. The molecular formula is C13H20O2. The van der Waals surface area contributed by atoms with E-state index >= 15 is 0 Å². The van der Waals surface area contributed by atoms with E-state index in [0.717, 1.165) is 19.3 Å². The Morgan fingerprint density at radius 1 is 1.20 bits per heavy atom. The van der Waals surface area contributed by atoms with E-state index in [1.807, 2.05) is 18.2 Å². The Morgan fingerprint density at radius 2 is 1.93 bits per heavy atom. The van der Waals surface area contributed by atoms with Gasteiger partial charge in [0.2, 0.25) is 0 Å². The van der Waals surface area contributed by atoms with E-state index in [1.54, 1.807) is 0 Å². The minimum absolute atomic E-state index is 0.195. The second-order valence-electron chi connectivity index (χ2n) is 3.72. The minimum Gasteiger partial charge on any atom is -0.396 e. The molecule has 0 saturated heterocycles. The van der Waals surface area contributed by atoms with Crippen molar-refractivity contribution >= 4 is 0 Å². The molecule has 0 aliphatic rings. The molecule has 0 radical (unpaired) electrons. The SMILES string of the molecule is CCCC(CCO)OCc1ccccc1. The molecule has 0 saturated carbocycles. The van der Waals surface area contributed by atoms with Crippen LogP contribution in [-0.4, -0.2) is 17.8 Å². The van der Waals surface area contributed by atoms with E-state index in [2.05, 4.69) is 19.1 Å². The first-order valence-electron chi connectivity index (χ1n) is 5.63. The lowest BCUT2D eigenvalue weighted by Crippen LogP contribution is -2.14. The molecule has 0 aliphatic carbocycles. The predicted octanol–water partition coefficient (Wildman–Crippen LogP) is 2.75. The van der Waals surface area contributed by atoms with E-state index in [1.165, 1.54) is 5.56 Å².